The van der Waals surface area contributed by atoms with E-state index in [2.05, 4.69) is 11.3 Å². The van der Waals surface area contributed by atoms with E-state index in [1.54, 1.807) is 4.90 Å². The zero-order valence-corrected chi connectivity index (χ0v) is 13.3. The van der Waals surface area contributed by atoms with Gasteiger partial charge in [0.25, 0.3) is 5.91 Å². The molecule has 1 heterocycles. The van der Waals surface area contributed by atoms with E-state index >= 15 is 0 Å². The standard InChI is InChI=1S/C14H16ClFN2O3S/c1-2-22(20,21)17-8-10-5-6-18(9-10)14(19)11-3-4-13(16)12(15)7-11/h2-4,7,10,17H,1,5-6,8-9H2. The molecule has 0 bridgehead atoms. The van der Waals surface area contributed by atoms with E-state index in [9.17, 15) is 17.6 Å². The Morgan fingerprint density at radius 2 is 2.27 bits per heavy atom. The van der Waals surface area contributed by atoms with Gasteiger partial charge in [-0.1, -0.05) is 18.2 Å². The van der Waals surface area contributed by atoms with Crippen molar-refractivity contribution in [1.82, 2.24) is 9.62 Å². The Kier molecular flexibility index (Phi) is 5.20. The summed E-state index contributed by atoms with van der Waals surface area (Å²) in [4.78, 5) is 13.9. The third kappa shape index (κ3) is 4.06. The molecule has 1 aliphatic rings. The highest BCUT2D eigenvalue weighted by molar-refractivity contribution is 7.92. The Bertz CT molecular complexity index is 693. The van der Waals surface area contributed by atoms with Crippen molar-refractivity contribution in [3.8, 4) is 0 Å². The minimum Gasteiger partial charge on any atom is -0.338 e. The van der Waals surface area contributed by atoms with E-state index in [1.807, 2.05) is 0 Å². The molecule has 1 amide bonds. The molecule has 1 N–H and O–H groups in total. The summed E-state index contributed by atoms with van der Waals surface area (Å²) in [5.74, 6) is -0.776. The maximum Gasteiger partial charge on any atom is 0.253 e. The van der Waals surface area contributed by atoms with Gasteiger partial charge in [0.1, 0.15) is 5.82 Å². The van der Waals surface area contributed by atoms with Crippen molar-refractivity contribution in [2.24, 2.45) is 5.92 Å². The summed E-state index contributed by atoms with van der Waals surface area (Å²) in [5.41, 5.74) is 0.318. The Balaban J connectivity index is 1.96. The first-order valence-electron chi connectivity index (χ1n) is 6.69. The smallest absolute Gasteiger partial charge is 0.253 e. The van der Waals surface area contributed by atoms with E-state index in [1.165, 1.54) is 12.1 Å². The summed E-state index contributed by atoms with van der Waals surface area (Å²) < 4.78 is 38.1. The van der Waals surface area contributed by atoms with Gasteiger partial charge >= 0.3 is 0 Å². The van der Waals surface area contributed by atoms with Crippen LogP contribution in [-0.4, -0.2) is 38.9 Å². The van der Waals surface area contributed by atoms with Gasteiger partial charge in [0.2, 0.25) is 10.0 Å². The molecule has 8 heteroatoms. The van der Waals surface area contributed by atoms with Gasteiger partial charge in [-0.05, 0) is 30.5 Å². The highest BCUT2D eigenvalue weighted by atomic mass is 35.5. The van der Waals surface area contributed by atoms with Crippen molar-refractivity contribution in [1.29, 1.82) is 0 Å². The predicted octanol–water partition coefficient (Wildman–Crippen LogP) is 2.00. The summed E-state index contributed by atoms with van der Waals surface area (Å²) in [6, 6.07) is 3.84. The van der Waals surface area contributed by atoms with Crippen LogP contribution in [0, 0.1) is 11.7 Å². The number of carbonyl (C=O) groups excluding carboxylic acids is 1. The van der Waals surface area contributed by atoms with Gasteiger partial charge in [-0.2, -0.15) is 0 Å². The van der Waals surface area contributed by atoms with Crippen molar-refractivity contribution in [3.05, 3.63) is 46.6 Å². The summed E-state index contributed by atoms with van der Waals surface area (Å²) in [6.07, 6.45) is 0.695. The van der Waals surface area contributed by atoms with Gasteiger partial charge in [-0.25, -0.2) is 17.5 Å². The molecule has 5 nitrogen and oxygen atoms in total. The maximum atomic E-state index is 13.1. The number of nitrogens with zero attached hydrogens (tertiary/aromatic N) is 1. The number of rotatable bonds is 5. The first-order valence-corrected chi connectivity index (χ1v) is 8.61. The molecule has 1 unspecified atom stereocenters. The number of carbonyl (C=O) groups is 1. The zero-order valence-electron chi connectivity index (χ0n) is 11.8. The van der Waals surface area contributed by atoms with Gasteiger partial charge in [-0.3, -0.25) is 4.79 Å². The van der Waals surface area contributed by atoms with Crippen molar-refractivity contribution < 1.29 is 17.6 Å². The van der Waals surface area contributed by atoms with E-state index in [0.29, 0.717) is 25.1 Å². The average molecular weight is 347 g/mol. The lowest BCUT2D eigenvalue weighted by Gasteiger charge is -2.17. The molecule has 1 saturated heterocycles. The Hall–Kier alpha value is -1.44. The fourth-order valence-corrected chi connectivity index (χ4v) is 3.05. The minimum atomic E-state index is -3.46. The van der Waals surface area contributed by atoms with E-state index in [4.69, 9.17) is 11.6 Å². The number of hydrogen-bond acceptors (Lipinski definition) is 3. The number of nitrogens with one attached hydrogen (secondary N) is 1. The topological polar surface area (TPSA) is 66.5 Å². The van der Waals surface area contributed by atoms with Crippen LogP contribution in [0.1, 0.15) is 16.8 Å². The molecule has 1 aromatic rings. The second kappa shape index (κ2) is 6.76. The van der Waals surface area contributed by atoms with Gasteiger partial charge in [-0.15, -0.1) is 0 Å². The lowest BCUT2D eigenvalue weighted by molar-refractivity contribution is 0.0787. The van der Waals surface area contributed by atoms with E-state index in [-0.39, 0.29) is 23.4 Å². The molecule has 1 aromatic carbocycles. The quantitative estimate of drug-likeness (QED) is 0.886. The second-order valence-corrected chi connectivity index (χ2v) is 7.21. The molecule has 120 valence electrons. The lowest BCUT2D eigenvalue weighted by Crippen LogP contribution is -2.32. The Labute approximate surface area is 133 Å². The maximum absolute atomic E-state index is 13.1. The summed E-state index contributed by atoms with van der Waals surface area (Å²) in [6.45, 7) is 4.43. The van der Waals surface area contributed by atoms with Crippen molar-refractivity contribution in [2.45, 2.75) is 6.42 Å². The number of hydrogen-bond donors (Lipinski definition) is 1. The second-order valence-electron chi connectivity index (χ2n) is 5.09. The Morgan fingerprint density at radius 1 is 1.55 bits per heavy atom. The number of amides is 1. The number of benzene rings is 1. The van der Waals surface area contributed by atoms with E-state index in [0.717, 1.165) is 11.5 Å². The molecule has 0 saturated carbocycles. The molecule has 0 aromatic heterocycles. The fourth-order valence-electron chi connectivity index (χ4n) is 2.29. The first kappa shape index (κ1) is 16.9. The SMILES string of the molecule is C=CS(=O)(=O)NCC1CCN(C(=O)c2ccc(F)c(Cl)c2)C1. The first-order chi connectivity index (χ1) is 10.3. The molecular weight excluding hydrogens is 331 g/mol. The van der Waals surface area contributed by atoms with Crippen LogP contribution in [0.2, 0.25) is 5.02 Å². The molecule has 0 spiro atoms. The molecule has 22 heavy (non-hydrogen) atoms. The third-order valence-corrected chi connectivity index (χ3v) is 4.83. The summed E-state index contributed by atoms with van der Waals surface area (Å²) >= 11 is 5.68. The Morgan fingerprint density at radius 3 is 2.91 bits per heavy atom. The molecule has 1 atom stereocenters. The normalized spacial score (nSPS) is 18.5. The van der Waals surface area contributed by atoms with Crippen LogP contribution in [0.4, 0.5) is 4.39 Å². The predicted molar refractivity (Wildman–Crippen MR) is 82.5 cm³/mol. The highest BCUT2D eigenvalue weighted by Gasteiger charge is 2.27. The zero-order chi connectivity index (χ0) is 16.3. The highest BCUT2D eigenvalue weighted by Crippen LogP contribution is 2.21. The van der Waals surface area contributed by atoms with Gasteiger partial charge in [0.15, 0.2) is 0 Å². The van der Waals surface area contributed by atoms with Gasteiger partial charge in [0.05, 0.1) is 5.02 Å². The van der Waals surface area contributed by atoms with Crippen LogP contribution in [0.15, 0.2) is 30.2 Å². The molecule has 1 fully saturated rings. The minimum absolute atomic E-state index is 0.0367. The van der Waals surface area contributed by atoms with Crippen LogP contribution < -0.4 is 4.72 Å². The van der Waals surface area contributed by atoms with Crippen LogP contribution in [0.25, 0.3) is 0 Å². The number of sulfonamides is 1. The molecule has 0 aliphatic carbocycles. The monoisotopic (exact) mass is 346 g/mol. The summed E-state index contributed by atoms with van der Waals surface area (Å²) in [5, 5.41) is 0.756. The van der Waals surface area contributed by atoms with Crippen LogP contribution in [-0.2, 0) is 10.0 Å². The van der Waals surface area contributed by atoms with Crippen molar-refractivity contribution in [2.75, 3.05) is 19.6 Å². The fraction of sp³-hybridized carbons (Fsp3) is 0.357. The molecular formula is C14H16ClFN2O3S. The molecule has 1 aliphatic heterocycles. The summed E-state index contributed by atoms with van der Waals surface area (Å²) in [7, 11) is -3.46. The van der Waals surface area contributed by atoms with E-state index < -0.39 is 15.8 Å². The lowest BCUT2D eigenvalue weighted by atomic mass is 10.1. The molecule has 0 radical (unpaired) electrons. The van der Waals surface area contributed by atoms with Crippen molar-refractivity contribution in [3.63, 3.8) is 0 Å². The van der Waals surface area contributed by atoms with Gasteiger partial charge < -0.3 is 4.90 Å². The largest absolute Gasteiger partial charge is 0.338 e. The number of likely N-dealkylation sites (tertiary alicyclic amines) is 1. The molecule has 2 rings (SSSR count). The van der Waals surface area contributed by atoms with Crippen LogP contribution >= 0.6 is 11.6 Å². The third-order valence-electron chi connectivity index (χ3n) is 3.53. The van der Waals surface area contributed by atoms with Gasteiger partial charge in [0, 0.05) is 30.6 Å². The van der Waals surface area contributed by atoms with Crippen LogP contribution in [0.3, 0.4) is 0 Å². The van der Waals surface area contributed by atoms with Crippen molar-refractivity contribution >= 4 is 27.5 Å². The number of halogens is 2. The van der Waals surface area contributed by atoms with Crippen LogP contribution in [0.5, 0.6) is 0 Å². The average Bonchev–Trinajstić information content (AvgIpc) is 2.96.